The quantitative estimate of drug-likeness (QED) is 0.910. The number of allylic oxidation sites excluding steroid dienone is 1. The van der Waals surface area contributed by atoms with Gasteiger partial charge in [0.05, 0.1) is 13.2 Å². The van der Waals surface area contributed by atoms with Gasteiger partial charge in [0.25, 0.3) is 0 Å². The van der Waals surface area contributed by atoms with E-state index in [1.54, 1.807) is 0 Å². The summed E-state index contributed by atoms with van der Waals surface area (Å²) in [6.07, 6.45) is 2.72. The minimum absolute atomic E-state index is 0.0241. The zero-order valence-electron chi connectivity index (χ0n) is 14.1. The van der Waals surface area contributed by atoms with Gasteiger partial charge in [0.1, 0.15) is 5.75 Å². The number of aliphatic hydroxyl groups is 1. The molecule has 0 bridgehead atoms. The van der Waals surface area contributed by atoms with E-state index in [0.717, 1.165) is 24.4 Å². The Morgan fingerprint density at radius 1 is 1.22 bits per heavy atom. The second kappa shape index (κ2) is 6.21. The Morgan fingerprint density at radius 2 is 1.96 bits per heavy atom. The van der Waals surface area contributed by atoms with Crippen molar-refractivity contribution < 1.29 is 9.84 Å². The molecule has 1 N–H and O–H groups in total. The molecule has 0 atom stereocenters. The van der Waals surface area contributed by atoms with Crippen LogP contribution in [-0.4, -0.2) is 18.3 Å². The fraction of sp³-hybridized carbons (Fsp3) is 0.333. The second-order valence-electron chi connectivity index (χ2n) is 6.92. The summed E-state index contributed by atoms with van der Waals surface area (Å²) in [5.74, 6) is 1.04. The van der Waals surface area contributed by atoms with E-state index in [1.165, 1.54) is 22.3 Å². The maximum Gasteiger partial charge on any atom is 0.126 e. The molecular weight excluding hydrogens is 284 g/mol. The molecule has 2 heteroatoms. The van der Waals surface area contributed by atoms with E-state index in [2.05, 4.69) is 50.2 Å². The van der Waals surface area contributed by atoms with Gasteiger partial charge in [0.15, 0.2) is 0 Å². The maximum absolute atomic E-state index is 9.20. The fourth-order valence-corrected chi connectivity index (χ4v) is 3.12. The van der Waals surface area contributed by atoms with Gasteiger partial charge in [-0.3, -0.25) is 0 Å². The van der Waals surface area contributed by atoms with Gasteiger partial charge in [-0.05, 0) is 41.3 Å². The molecule has 2 aromatic carbocycles. The largest absolute Gasteiger partial charge is 0.492 e. The molecule has 1 aliphatic heterocycles. The van der Waals surface area contributed by atoms with Crippen molar-refractivity contribution in [2.45, 2.75) is 32.6 Å². The number of fused-ring (bicyclic) bond motifs is 1. The van der Waals surface area contributed by atoms with Gasteiger partial charge in [-0.15, -0.1) is 0 Å². The Bertz CT molecular complexity index is 727. The molecule has 2 aromatic rings. The molecular formula is C21H24O2. The van der Waals surface area contributed by atoms with Crippen molar-refractivity contribution in [3.8, 4) is 5.75 Å². The van der Waals surface area contributed by atoms with Crippen LogP contribution in [-0.2, 0) is 11.8 Å². The monoisotopic (exact) mass is 308 g/mol. The molecule has 0 saturated carbocycles. The zero-order chi connectivity index (χ0) is 16.4. The van der Waals surface area contributed by atoms with Crippen LogP contribution in [0, 0.1) is 0 Å². The molecule has 1 aliphatic rings. The normalized spacial score (nSPS) is 16.1. The molecule has 0 fully saturated rings. The highest BCUT2D eigenvalue weighted by atomic mass is 16.5. The average molecular weight is 308 g/mol. The predicted octanol–water partition coefficient (Wildman–Crippen LogP) is 4.34. The van der Waals surface area contributed by atoms with Crippen molar-refractivity contribution in [2.24, 2.45) is 0 Å². The molecule has 0 aromatic heterocycles. The van der Waals surface area contributed by atoms with Crippen LogP contribution in [0.25, 0.3) is 5.57 Å². The van der Waals surface area contributed by atoms with Crippen molar-refractivity contribution in [1.82, 2.24) is 0 Å². The van der Waals surface area contributed by atoms with E-state index in [9.17, 15) is 5.11 Å². The van der Waals surface area contributed by atoms with Crippen LogP contribution >= 0.6 is 0 Å². The van der Waals surface area contributed by atoms with Crippen LogP contribution < -0.4 is 4.74 Å². The van der Waals surface area contributed by atoms with E-state index < -0.39 is 0 Å². The molecule has 2 nitrogen and oxygen atoms in total. The molecule has 120 valence electrons. The molecule has 0 saturated heterocycles. The maximum atomic E-state index is 9.20. The summed E-state index contributed by atoms with van der Waals surface area (Å²) in [4.78, 5) is 0. The van der Waals surface area contributed by atoms with E-state index in [4.69, 9.17) is 4.74 Å². The first-order valence-electron chi connectivity index (χ1n) is 8.13. The summed E-state index contributed by atoms with van der Waals surface area (Å²) in [6, 6.07) is 14.9. The summed E-state index contributed by atoms with van der Waals surface area (Å²) in [5, 5.41) is 9.20. The van der Waals surface area contributed by atoms with Crippen molar-refractivity contribution >= 4 is 5.57 Å². The molecule has 0 spiro atoms. The zero-order valence-corrected chi connectivity index (χ0v) is 14.1. The summed E-state index contributed by atoms with van der Waals surface area (Å²) in [6.45, 7) is 7.28. The van der Waals surface area contributed by atoms with Crippen molar-refractivity contribution in [3.63, 3.8) is 0 Å². The molecule has 0 aliphatic carbocycles. The van der Waals surface area contributed by atoms with Crippen molar-refractivity contribution in [3.05, 3.63) is 70.8 Å². The van der Waals surface area contributed by atoms with Crippen LogP contribution in [0.3, 0.4) is 0 Å². The Balaban J connectivity index is 2.09. The highest BCUT2D eigenvalue weighted by Crippen LogP contribution is 2.43. The van der Waals surface area contributed by atoms with Crippen LogP contribution in [0.1, 0.15) is 43.0 Å². The number of ether oxygens (including phenoxy) is 1. The number of benzene rings is 2. The van der Waals surface area contributed by atoms with E-state index in [-0.39, 0.29) is 12.0 Å². The van der Waals surface area contributed by atoms with E-state index in [1.807, 2.05) is 19.1 Å². The van der Waals surface area contributed by atoms with Crippen LogP contribution in [0.15, 0.2) is 48.5 Å². The van der Waals surface area contributed by atoms with E-state index >= 15 is 0 Å². The second-order valence-corrected chi connectivity index (χ2v) is 6.92. The molecule has 0 amide bonds. The summed E-state index contributed by atoms with van der Waals surface area (Å²) in [5.41, 5.74) is 6.07. The third kappa shape index (κ3) is 3.18. The lowest BCUT2D eigenvalue weighted by atomic mass is 9.83. The first kappa shape index (κ1) is 15.8. The third-order valence-electron chi connectivity index (χ3n) is 4.56. The van der Waals surface area contributed by atoms with Gasteiger partial charge in [-0.25, -0.2) is 0 Å². The third-order valence-corrected chi connectivity index (χ3v) is 4.56. The molecule has 1 heterocycles. The summed E-state index contributed by atoms with van der Waals surface area (Å²) < 4.78 is 6.04. The lowest BCUT2D eigenvalue weighted by molar-refractivity contribution is 0.289. The molecule has 0 radical (unpaired) electrons. The van der Waals surface area contributed by atoms with Gasteiger partial charge >= 0.3 is 0 Å². The number of hydrogen-bond acceptors (Lipinski definition) is 2. The highest BCUT2D eigenvalue weighted by molar-refractivity contribution is 5.68. The lowest BCUT2D eigenvalue weighted by Crippen LogP contribution is -2.18. The van der Waals surface area contributed by atoms with Crippen molar-refractivity contribution in [1.29, 1.82) is 0 Å². The average Bonchev–Trinajstić information content (AvgIpc) is 2.84. The summed E-state index contributed by atoms with van der Waals surface area (Å²) in [7, 11) is 0. The lowest BCUT2D eigenvalue weighted by Gasteiger charge is -2.17. The number of aliphatic hydroxyl groups excluding tert-OH is 1. The Labute approximate surface area is 138 Å². The number of hydrogen-bond donors (Lipinski definition) is 1. The van der Waals surface area contributed by atoms with Gasteiger partial charge in [0.2, 0.25) is 0 Å². The Kier molecular flexibility index (Phi) is 4.27. The highest BCUT2D eigenvalue weighted by Gasteiger charge is 2.33. The standard InChI is InChI=1S/C21H24O2/c1-15(9-10-22)17-12-18(11-16-7-5-4-6-8-16)20-19(13-17)21(2,3)14-23-20/h4-9,12-13,22H,10-11,14H2,1-3H3/b15-9-. The molecule has 23 heavy (non-hydrogen) atoms. The van der Waals surface area contributed by atoms with Gasteiger partial charge in [-0.1, -0.05) is 50.3 Å². The van der Waals surface area contributed by atoms with Crippen LogP contribution in [0.2, 0.25) is 0 Å². The Hall–Kier alpha value is -2.06. The van der Waals surface area contributed by atoms with Crippen LogP contribution in [0.4, 0.5) is 0 Å². The van der Waals surface area contributed by atoms with E-state index in [0.29, 0.717) is 0 Å². The SMILES string of the molecule is C/C(=C/CO)c1cc(Cc2ccccc2)c2c(c1)C(C)(C)CO2. The smallest absolute Gasteiger partial charge is 0.126 e. The molecule has 0 unspecified atom stereocenters. The number of rotatable bonds is 4. The summed E-state index contributed by atoms with van der Waals surface area (Å²) >= 11 is 0. The van der Waals surface area contributed by atoms with Gasteiger partial charge in [0, 0.05) is 17.4 Å². The van der Waals surface area contributed by atoms with Gasteiger partial charge in [-0.2, -0.15) is 0 Å². The first-order chi connectivity index (χ1) is 11.0. The van der Waals surface area contributed by atoms with Gasteiger partial charge < -0.3 is 9.84 Å². The predicted molar refractivity (Wildman–Crippen MR) is 94.9 cm³/mol. The van der Waals surface area contributed by atoms with Crippen LogP contribution in [0.5, 0.6) is 5.75 Å². The minimum atomic E-state index is 0.0241. The first-order valence-corrected chi connectivity index (χ1v) is 8.13. The minimum Gasteiger partial charge on any atom is -0.492 e. The Morgan fingerprint density at radius 3 is 2.65 bits per heavy atom. The molecule has 3 rings (SSSR count). The topological polar surface area (TPSA) is 29.5 Å². The fourth-order valence-electron chi connectivity index (χ4n) is 3.12. The van der Waals surface area contributed by atoms with Crippen molar-refractivity contribution in [2.75, 3.05) is 13.2 Å².